The third kappa shape index (κ3) is 6.26. The molecule has 2 heterocycles. The van der Waals surface area contributed by atoms with Crippen molar-refractivity contribution in [3.8, 4) is 11.5 Å². The molecule has 0 saturated carbocycles. The van der Waals surface area contributed by atoms with Crippen LogP contribution >= 0.6 is 11.3 Å². The van der Waals surface area contributed by atoms with Crippen LogP contribution in [0.3, 0.4) is 0 Å². The van der Waals surface area contributed by atoms with Crippen LogP contribution in [0.2, 0.25) is 0 Å². The number of ether oxygens (including phenoxy) is 3. The summed E-state index contributed by atoms with van der Waals surface area (Å²) in [4.78, 5) is 31.9. The highest BCUT2D eigenvalue weighted by atomic mass is 32.1. The summed E-state index contributed by atoms with van der Waals surface area (Å²) in [6.07, 6.45) is -2.79. The number of methoxy groups -OCH3 is 1. The Kier molecular flexibility index (Phi) is 8.54. The number of aromatic nitrogens is 1. The first-order valence-corrected chi connectivity index (χ1v) is 14.1. The average molecular weight is 609 g/mol. The van der Waals surface area contributed by atoms with Crippen molar-refractivity contribution in [3.63, 3.8) is 0 Å². The molecule has 1 aromatic heterocycles. The minimum atomic E-state index is -4.49. The van der Waals surface area contributed by atoms with E-state index in [1.165, 1.54) is 35.1 Å². The van der Waals surface area contributed by atoms with Gasteiger partial charge in [0.15, 0.2) is 4.80 Å². The number of nitrogens with zero attached hydrogens (tertiary/aromatic N) is 2. The third-order valence-corrected chi connectivity index (χ3v) is 7.77. The van der Waals surface area contributed by atoms with Gasteiger partial charge in [-0.2, -0.15) is 13.2 Å². The van der Waals surface area contributed by atoms with Crippen LogP contribution in [0.5, 0.6) is 11.5 Å². The van der Waals surface area contributed by atoms with Crippen LogP contribution in [0.1, 0.15) is 42.1 Å². The summed E-state index contributed by atoms with van der Waals surface area (Å²) in [5.41, 5.74) is 1.59. The zero-order valence-electron chi connectivity index (χ0n) is 23.5. The fourth-order valence-corrected chi connectivity index (χ4v) is 5.86. The van der Waals surface area contributed by atoms with Crippen molar-refractivity contribution < 1.29 is 32.2 Å². The van der Waals surface area contributed by atoms with Crippen LogP contribution in [0.25, 0.3) is 6.08 Å². The van der Waals surface area contributed by atoms with Gasteiger partial charge in [-0.3, -0.25) is 9.36 Å². The lowest BCUT2D eigenvalue weighted by molar-refractivity contribution is -0.139. The van der Waals surface area contributed by atoms with E-state index in [1.54, 1.807) is 38.1 Å². The van der Waals surface area contributed by atoms with Crippen molar-refractivity contribution in [2.45, 2.75) is 32.7 Å². The summed E-state index contributed by atoms with van der Waals surface area (Å²) in [5, 5.41) is 0. The summed E-state index contributed by atoms with van der Waals surface area (Å²) in [6.45, 7) is 3.55. The van der Waals surface area contributed by atoms with Gasteiger partial charge in [-0.05, 0) is 61.4 Å². The fraction of sp³-hybridized carbons (Fsp3) is 0.219. The lowest BCUT2D eigenvalue weighted by Gasteiger charge is -2.24. The number of alkyl halides is 3. The van der Waals surface area contributed by atoms with Crippen molar-refractivity contribution in [1.82, 2.24) is 4.57 Å². The molecule has 1 unspecified atom stereocenters. The van der Waals surface area contributed by atoms with Gasteiger partial charge < -0.3 is 14.2 Å². The van der Waals surface area contributed by atoms with E-state index in [-0.39, 0.29) is 24.5 Å². The number of fused-ring (bicyclic) bond motifs is 1. The smallest absolute Gasteiger partial charge is 0.416 e. The van der Waals surface area contributed by atoms with Crippen molar-refractivity contribution in [3.05, 3.63) is 126 Å². The maximum absolute atomic E-state index is 13.8. The van der Waals surface area contributed by atoms with E-state index in [2.05, 4.69) is 4.99 Å². The highest BCUT2D eigenvalue weighted by Crippen LogP contribution is 2.32. The summed E-state index contributed by atoms with van der Waals surface area (Å²) in [5.74, 6) is 0.00101. The van der Waals surface area contributed by atoms with E-state index in [0.717, 1.165) is 17.7 Å². The van der Waals surface area contributed by atoms with E-state index in [4.69, 9.17) is 14.2 Å². The predicted molar refractivity (Wildman–Crippen MR) is 156 cm³/mol. The standard InChI is InChI=1S/C32H27F3N2O5S/c1-4-41-30(39)27-19(2)36-31-37(28(27)21-9-6-5-7-10-21)29(38)26(43-31)16-20-13-14-25(40-3)22(15-20)18-42-24-12-8-11-23(17-24)32(33,34)35/h5-17,28H,4,18H2,1-3H3/b26-16-. The molecule has 0 aliphatic carbocycles. The molecule has 11 heteroatoms. The van der Waals surface area contributed by atoms with Gasteiger partial charge in [0.05, 0.1) is 41.1 Å². The maximum Gasteiger partial charge on any atom is 0.416 e. The molecule has 0 bridgehead atoms. The number of carbonyl (C=O) groups excluding carboxylic acids is 1. The molecule has 1 aliphatic heterocycles. The maximum atomic E-state index is 13.8. The van der Waals surface area contributed by atoms with Crippen molar-refractivity contribution in [2.75, 3.05) is 13.7 Å². The lowest BCUT2D eigenvalue weighted by atomic mass is 9.96. The molecule has 0 saturated heterocycles. The number of carbonyl (C=O) groups is 1. The van der Waals surface area contributed by atoms with Crippen LogP contribution in [0.4, 0.5) is 13.2 Å². The van der Waals surface area contributed by atoms with E-state index in [9.17, 15) is 22.8 Å². The number of esters is 1. The SMILES string of the molecule is CCOC(=O)C1=C(C)N=c2s/c(=C\c3ccc(OC)c(COc4cccc(C(F)(F)F)c4)c3)c(=O)n2C1c1ccccc1. The first kappa shape index (κ1) is 29.8. The Morgan fingerprint density at radius 3 is 2.53 bits per heavy atom. The van der Waals surface area contributed by atoms with Crippen LogP contribution < -0.4 is 24.4 Å². The summed E-state index contributed by atoms with van der Waals surface area (Å²) in [7, 11) is 1.48. The Morgan fingerprint density at radius 1 is 1.07 bits per heavy atom. The minimum Gasteiger partial charge on any atom is -0.496 e. The van der Waals surface area contributed by atoms with Gasteiger partial charge in [-0.15, -0.1) is 0 Å². The predicted octanol–water partition coefficient (Wildman–Crippen LogP) is 5.40. The Balaban J connectivity index is 1.53. The minimum absolute atomic E-state index is 0.0595. The molecule has 0 spiro atoms. The molecule has 0 amide bonds. The molecule has 4 aromatic rings. The average Bonchev–Trinajstić information content (AvgIpc) is 3.29. The zero-order valence-corrected chi connectivity index (χ0v) is 24.3. The molecular formula is C32H27F3N2O5S. The molecule has 222 valence electrons. The number of rotatable bonds is 8. The number of hydrogen-bond acceptors (Lipinski definition) is 7. The largest absolute Gasteiger partial charge is 0.496 e. The van der Waals surface area contributed by atoms with Gasteiger partial charge >= 0.3 is 12.1 Å². The normalized spacial score (nSPS) is 15.1. The van der Waals surface area contributed by atoms with Crippen molar-refractivity contribution in [1.29, 1.82) is 0 Å². The highest BCUT2D eigenvalue weighted by molar-refractivity contribution is 7.07. The summed E-state index contributed by atoms with van der Waals surface area (Å²) in [6, 6.07) is 18.3. The molecule has 0 N–H and O–H groups in total. The van der Waals surface area contributed by atoms with E-state index in [1.807, 2.05) is 30.3 Å². The molecule has 43 heavy (non-hydrogen) atoms. The van der Waals surface area contributed by atoms with Crippen LogP contribution in [-0.4, -0.2) is 24.3 Å². The number of thiazole rings is 1. The van der Waals surface area contributed by atoms with Gasteiger partial charge in [0.1, 0.15) is 18.1 Å². The molecule has 7 nitrogen and oxygen atoms in total. The number of allylic oxidation sites excluding steroid dienone is 1. The van der Waals surface area contributed by atoms with Gasteiger partial charge in [-0.25, -0.2) is 9.79 Å². The third-order valence-electron chi connectivity index (χ3n) is 6.79. The Bertz CT molecular complexity index is 1880. The topological polar surface area (TPSA) is 79.1 Å². The fourth-order valence-electron chi connectivity index (χ4n) is 4.82. The quantitative estimate of drug-likeness (QED) is 0.250. The van der Waals surface area contributed by atoms with E-state index >= 15 is 0 Å². The second-order valence-corrected chi connectivity index (χ2v) is 10.6. The molecule has 1 atom stereocenters. The molecule has 1 aliphatic rings. The van der Waals surface area contributed by atoms with Gasteiger partial charge in [0.2, 0.25) is 0 Å². The molecule has 5 rings (SSSR count). The van der Waals surface area contributed by atoms with Gasteiger partial charge in [0.25, 0.3) is 5.56 Å². The van der Waals surface area contributed by atoms with E-state index in [0.29, 0.717) is 37.5 Å². The molecular weight excluding hydrogens is 581 g/mol. The molecule has 3 aromatic carbocycles. The summed E-state index contributed by atoms with van der Waals surface area (Å²) >= 11 is 1.19. The number of benzene rings is 3. The Labute approximate surface area is 248 Å². The number of hydrogen-bond donors (Lipinski definition) is 0. The first-order valence-electron chi connectivity index (χ1n) is 13.3. The second-order valence-electron chi connectivity index (χ2n) is 9.60. The molecule has 0 fully saturated rings. The van der Waals surface area contributed by atoms with Crippen molar-refractivity contribution >= 4 is 23.4 Å². The van der Waals surface area contributed by atoms with Crippen LogP contribution in [-0.2, 0) is 22.3 Å². The van der Waals surface area contributed by atoms with Crippen LogP contribution in [0, 0.1) is 0 Å². The summed E-state index contributed by atoms with van der Waals surface area (Å²) < 4.78 is 57.7. The highest BCUT2D eigenvalue weighted by Gasteiger charge is 2.33. The van der Waals surface area contributed by atoms with Crippen molar-refractivity contribution in [2.24, 2.45) is 4.99 Å². The van der Waals surface area contributed by atoms with E-state index < -0.39 is 23.8 Å². The monoisotopic (exact) mass is 608 g/mol. The van der Waals surface area contributed by atoms with Gasteiger partial charge in [0, 0.05) is 5.56 Å². The Morgan fingerprint density at radius 2 is 1.84 bits per heavy atom. The second kappa shape index (κ2) is 12.3. The van der Waals surface area contributed by atoms with Gasteiger partial charge in [-0.1, -0.05) is 53.8 Å². The zero-order chi connectivity index (χ0) is 30.7. The Hall–Kier alpha value is -4.64. The first-order chi connectivity index (χ1) is 20.6. The van der Waals surface area contributed by atoms with Crippen LogP contribution in [0.15, 0.2) is 93.9 Å². The lowest BCUT2D eigenvalue weighted by Crippen LogP contribution is -2.39. The number of halogens is 3. The molecule has 0 radical (unpaired) electrons.